The number of alkyl carbamates (subject to hydrolysis) is 1. The minimum absolute atomic E-state index is 0.0119. The second-order valence-electron chi connectivity index (χ2n) is 9.29. The van der Waals surface area contributed by atoms with Crippen molar-refractivity contribution in [1.29, 1.82) is 0 Å². The van der Waals surface area contributed by atoms with Gasteiger partial charge in [-0.15, -0.1) is 0 Å². The van der Waals surface area contributed by atoms with E-state index >= 15 is 0 Å². The van der Waals surface area contributed by atoms with E-state index in [9.17, 15) is 14.4 Å². The molecule has 1 aliphatic rings. The van der Waals surface area contributed by atoms with E-state index in [-0.39, 0.29) is 37.8 Å². The summed E-state index contributed by atoms with van der Waals surface area (Å²) >= 11 is 0. The van der Waals surface area contributed by atoms with Gasteiger partial charge in [-0.05, 0) is 34.1 Å². The summed E-state index contributed by atoms with van der Waals surface area (Å²) in [4.78, 5) is 35.6. The van der Waals surface area contributed by atoms with E-state index in [4.69, 9.17) is 9.84 Å². The summed E-state index contributed by atoms with van der Waals surface area (Å²) in [6, 6.07) is 15.9. The highest BCUT2D eigenvalue weighted by molar-refractivity contribution is 5.79. The fourth-order valence-electron chi connectivity index (χ4n) is 4.24. The number of carbonyl (C=O) groups excluding carboxylic acids is 2. The topological polar surface area (TPSA) is 105 Å². The molecule has 3 N–H and O–H groups in total. The van der Waals surface area contributed by atoms with Crippen LogP contribution in [0, 0.1) is 5.41 Å². The Morgan fingerprint density at radius 1 is 1.03 bits per heavy atom. The second-order valence-corrected chi connectivity index (χ2v) is 9.29. The number of carbonyl (C=O) groups is 3. The van der Waals surface area contributed by atoms with Crippen molar-refractivity contribution in [3.8, 4) is 11.1 Å². The van der Waals surface area contributed by atoms with E-state index < -0.39 is 23.5 Å². The van der Waals surface area contributed by atoms with Crippen LogP contribution in [-0.4, -0.2) is 42.3 Å². The van der Waals surface area contributed by atoms with Gasteiger partial charge >= 0.3 is 12.1 Å². The quantitative estimate of drug-likeness (QED) is 0.498. The van der Waals surface area contributed by atoms with Gasteiger partial charge in [0.25, 0.3) is 0 Å². The van der Waals surface area contributed by atoms with Crippen molar-refractivity contribution in [3.05, 3.63) is 59.7 Å². The zero-order valence-corrected chi connectivity index (χ0v) is 19.4. The zero-order chi connectivity index (χ0) is 24.0. The summed E-state index contributed by atoms with van der Waals surface area (Å²) in [6.45, 7) is 6.06. The highest BCUT2D eigenvalue weighted by atomic mass is 16.5. The molecule has 2 amide bonds. The lowest BCUT2D eigenvalue weighted by molar-refractivity contribution is -0.137. The molecule has 2 aromatic rings. The zero-order valence-electron chi connectivity index (χ0n) is 19.4. The minimum atomic E-state index is -0.946. The molecule has 0 bridgehead atoms. The maximum Gasteiger partial charge on any atom is 0.407 e. The largest absolute Gasteiger partial charge is 0.481 e. The van der Waals surface area contributed by atoms with E-state index in [0.29, 0.717) is 6.42 Å². The predicted octanol–water partition coefficient (Wildman–Crippen LogP) is 4.31. The number of nitrogens with one attached hydrogen (secondary N) is 2. The Kier molecular flexibility index (Phi) is 7.74. The van der Waals surface area contributed by atoms with Gasteiger partial charge in [0.1, 0.15) is 6.61 Å². The van der Waals surface area contributed by atoms with Crippen LogP contribution in [0.3, 0.4) is 0 Å². The molecule has 176 valence electrons. The predicted molar refractivity (Wildman–Crippen MR) is 126 cm³/mol. The molecule has 0 aromatic heterocycles. The van der Waals surface area contributed by atoms with Gasteiger partial charge in [0.2, 0.25) is 5.91 Å². The monoisotopic (exact) mass is 452 g/mol. The number of rotatable bonds is 10. The van der Waals surface area contributed by atoms with Crippen LogP contribution in [-0.2, 0) is 14.3 Å². The van der Waals surface area contributed by atoms with Gasteiger partial charge in [0, 0.05) is 24.9 Å². The summed E-state index contributed by atoms with van der Waals surface area (Å²) in [6.07, 6.45) is 0.0619. The van der Waals surface area contributed by atoms with Gasteiger partial charge in [0.05, 0.1) is 6.42 Å². The number of benzene rings is 2. The molecule has 1 aliphatic carbocycles. The highest BCUT2D eigenvalue weighted by Crippen LogP contribution is 2.44. The number of amides is 2. The van der Waals surface area contributed by atoms with Crippen molar-refractivity contribution in [3.63, 3.8) is 0 Å². The van der Waals surface area contributed by atoms with E-state index in [1.807, 2.05) is 45.0 Å². The highest BCUT2D eigenvalue weighted by Gasteiger charge is 2.29. The van der Waals surface area contributed by atoms with Crippen LogP contribution >= 0.6 is 0 Å². The van der Waals surface area contributed by atoms with Crippen LogP contribution in [0.5, 0.6) is 0 Å². The third-order valence-corrected chi connectivity index (χ3v) is 5.97. The first kappa shape index (κ1) is 24.3. The molecule has 33 heavy (non-hydrogen) atoms. The molecular formula is C26H32N2O5. The average molecular weight is 453 g/mol. The van der Waals surface area contributed by atoms with Crippen molar-refractivity contribution in [1.82, 2.24) is 10.6 Å². The molecule has 0 radical (unpaired) electrons. The molecule has 0 saturated carbocycles. The molecular weight excluding hydrogens is 420 g/mol. The first-order chi connectivity index (χ1) is 15.7. The Labute approximate surface area is 194 Å². The summed E-state index contributed by atoms with van der Waals surface area (Å²) in [5.41, 5.74) is 4.12. The van der Waals surface area contributed by atoms with Crippen molar-refractivity contribution in [2.75, 3.05) is 13.2 Å². The Bertz CT molecular complexity index is 972. The van der Waals surface area contributed by atoms with E-state index in [2.05, 4.69) is 34.9 Å². The van der Waals surface area contributed by atoms with Gasteiger partial charge in [-0.3, -0.25) is 9.59 Å². The van der Waals surface area contributed by atoms with Crippen LogP contribution < -0.4 is 10.6 Å². The van der Waals surface area contributed by atoms with Gasteiger partial charge in [-0.25, -0.2) is 4.79 Å². The lowest BCUT2D eigenvalue weighted by atomic mass is 9.88. The van der Waals surface area contributed by atoms with Crippen LogP contribution in [0.1, 0.15) is 57.1 Å². The Balaban J connectivity index is 1.50. The molecule has 0 heterocycles. The number of aliphatic carboxylic acids is 1. The lowest BCUT2D eigenvalue weighted by Crippen LogP contribution is -2.41. The summed E-state index contributed by atoms with van der Waals surface area (Å²) < 4.78 is 5.55. The van der Waals surface area contributed by atoms with Crippen molar-refractivity contribution in [2.24, 2.45) is 5.41 Å². The lowest BCUT2D eigenvalue weighted by Gasteiger charge is -2.25. The van der Waals surface area contributed by atoms with Crippen LogP contribution in [0.2, 0.25) is 0 Å². The molecule has 7 heteroatoms. The SMILES string of the molecule is CC[C@@H](CC(=O)O)NC(=O)CC(C)(C)CNC(=O)OCC1c2ccccc2-c2ccccc21. The Morgan fingerprint density at radius 2 is 1.61 bits per heavy atom. The summed E-state index contributed by atoms with van der Waals surface area (Å²) in [7, 11) is 0. The molecule has 7 nitrogen and oxygen atoms in total. The maximum atomic E-state index is 12.4. The third kappa shape index (κ3) is 6.34. The first-order valence-electron chi connectivity index (χ1n) is 11.3. The number of hydrogen-bond acceptors (Lipinski definition) is 4. The van der Waals surface area contributed by atoms with E-state index in [1.54, 1.807) is 0 Å². The number of fused-ring (bicyclic) bond motifs is 3. The second kappa shape index (κ2) is 10.5. The third-order valence-electron chi connectivity index (χ3n) is 5.97. The molecule has 0 unspecified atom stereocenters. The van der Waals surface area contributed by atoms with E-state index in [0.717, 1.165) is 11.1 Å². The molecule has 2 aromatic carbocycles. The van der Waals surface area contributed by atoms with Gasteiger partial charge < -0.3 is 20.5 Å². The normalized spacial score (nSPS) is 13.5. The number of carboxylic acids is 1. The molecule has 0 fully saturated rings. The molecule has 0 aliphatic heterocycles. The minimum Gasteiger partial charge on any atom is -0.481 e. The Hall–Kier alpha value is -3.35. The van der Waals surface area contributed by atoms with Gasteiger partial charge in [-0.1, -0.05) is 69.3 Å². The number of ether oxygens (including phenoxy) is 1. The fraction of sp³-hybridized carbons (Fsp3) is 0.423. The molecule has 0 saturated heterocycles. The number of hydrogen-bond donors (Lipinski definition) is 3. The van der Waals surface area contributed by atoms with Crippen molar-refractivity contribution >= 4 is 18.0 Å². The Morgan fingerprint density at radius 3 is 2.15 bits per heavy atom. The molecule has 0 spiro atoms. The molecule has 3 rings (SSSR count). The van der Waals surface area contributed by atoms with Gasteiger partial charge in [0.15, 0.2) is 0 Å². The summed E-state index contributed by atoms with van der Waals surface area (Å²) in [5, 5.41) is 14.5. The van der Waals surface area contributed by atoms with Crippen LogP contribution in [0.25, 0.3) is 11.1 Å². The standard InChI is InChI=1S/C26H32N2O5/c1-4-17(13-24(30)31)28-23(29)14-26(2,3)16-27-25(32)33-15-22-20-11-7-5-9-18(20)19-10-6-8-12-21(19)22/h5-12,17,22H,4,13-16H2,1-3H3,(H,27,32)(H,28,29)(H,30,31)/t17-/m0/s1. The van der Waals surface area contributed by atoms with E-state index in [1.165, 1.54) is 11.1 Å². The maximum absolute atomic E-state index is 12.4. The molecule has 1 atom stereocenters. The average Bonchev–Trinajstić information content (AvgIpc) is 3.09. The van der Waals surface area contributed by atoms with Crippen LogP contribution in [0.15, 0.2) is 48.5 Å². The smallest absolute Gasteiger partial charge is 0.407 e. The van der Waals surface area contributed by atoms with Gasteiger partial charge in [-0.2, -0.15) is 0 Å². The summed E-state index contributed by atoms with van der Waals surface area (Å²) in [5.74, 6) is -1.19. The van der Waals surface area contributed by atoms with Crippen molar-refractivity contribution in [2.45, 2.75) is 52.0 Å². The van der Waals surface area contributed by atoms with Crippen molar-refractivity contribution < 1.29 is 24.2 Å². The van der Waals surface area contributed by atoms with Crippen LogP contribution in [0.4, 0.5) is 4.79 Å². The first-order valence-corrected chi connectivity index (χ1v) is 11.3. The fourth-order valence-corrected chi connectivity index (χ4v) is 4.24. The number of carboxylic acid groups (broad SMARTS) is 1.